The molecule has 5 heterocycles. The first-order valence-electron chi connectivity index (χ1n) is 17.7. The Bertz CT molecular complexity index is 2080. The number of rotatable bonds is 10. The summed E-state index contributed by atoms with van der Waals surface area (Å²) in [7, 11) is 2.18. The highest BCUT2D eigenvalue weighted by molar-refractivity contribution is 7.87. The number of piperidine rings is 1. The molecule has 2 aliphatic rings. The largest absolute Gasteiger partial charge is 0.393 e. The van der Waals surface area contributed by atoms with E-state index in [1.807, 2.05) is 19.9 Å². The number of fused-ring (bicyclic) bond motifs is 2. The lowest BCUT2D eigenvalue weighted by atomic mass is 9.57. The van der Waals surface area contributed by atoms with Gasteiger partial charge in [-0.2, -0.15) is 31.2 Å². The molecule has 0 saturated carbocycles. The van der Waals surface area contributed by atoms with Gasteiger partial charge in [0.25, 0.3) is 10.2 Å². The van der Waals surface area contributed by atoms with Crippen LogP contribution in [-0.2, 0) is 28.5 Å². The molecule has 11 nitrogen and oxygen atoms in total. The van der Waals surface area contributed by atoms with Gasteiger partial charge in [-0.3, -0.25) is 9.80 Å². The molecule has 1 aromatic carbocycles. The van der Waals surface area contributed by atoms with Crippen LogP contribution in [0.25, 0.3) is 21.1 Å². The molecule has 0 aliphatic carbocycles. The number of piperazine rings is 1. The van der Waals surface area contributed by atoms with Crippen LogP contribution in [-0.4, -0.2) is 116 Å². The number of likely N-dealkylation sites (tertiary alicyclic amines) is 1. The number of benzene rings is 1. The van der Waals surface area contributed by atoms with E-state index < -0.39 is 28.1 Å². The second kappa shape index (κ2) is 14.6. The molecular formula is C34H46B2F3N9O2S2. The first kappa shape index (κ1) is 38.5. The van der Waals surface area contributed by atoms with Crippen molar-refractivity contribution >= 4 is 64.2 Å². The lowest BCUT2D eigenvalue weighted by Crippen LogP contribution is -2.65. The topological polar surface area (TPSA) is 122 Å². The van der Waals surface area contributed by atoms with Gasteiger partial charge in [-0.25, -0.2) is 14.7 Å². The summed E-state index contributed by atoms with van der Waals surface area (Å²) in [5.41, 5.74) is 3.92. The highest BCUT2D eigenvalue weighted by atomic mass is 32.2. The predicted octanol–water partition coefficient (Wildman–Crippen LogP) is 3.13. The molecule has 3 aromatic heterocycles. The van der Waals surface area contributed by atoms with E-state index in [1.165, 1.54) is 18.9 Å². The third-order valence-corrected chi connectivity index (χ3v) is 13.9. The number of nitrogens with zero attached hydrogens (tertiary/aromatic N) is 7. The molecule has 6 rings (SSSR count). The maximum absolute atomic E-state index is 13.0. The van der Waals surface area contributed by atoms with E-state index in [-0.39, 0.29) is 29.0 Å². The normalized spacial score (nSPS) is 21.1. The van der Waals surface area contributed by atoms with E-state index in [0.29, 0.717) is 34.8 Å². The van der Waals surface area contributed by atoms with E-state index >= 15 is 0 Å². The molecule has 2 fully saturated rings. The Balaban J connectivity index is 1.14. The lowest BCUT2D eigenvalue weighted by Gasteiger charge is -2.49. The molecule has 0 bridgehead atoms. The van der Waals surface area contributed by atoms with Crippen LogP contribution < -0.4 is 10.0 Å². The first-order chi connectivity index (χ1) is 24.4. The minimum Gasteiger partial charge on any atom is -0.367 e. The quantitative estimate of drug-likeness (QED) is 0.237. The number of nitrogens with one attached hydrogen (secondary N) is 2. The molecule has 278 valence electrons. The minimum absolute atomic E-state index is 0.00505. The highest BCUT2D eigenvalue weighted by Crippen LogP contribution is 2.35. The molecule has 4 aromatic rings. The zero-order chi connectivity index (χ0) is 37.7. The fraction of sp³-hybridized carbons (Fsp3) is 0.559. The number of thiophene rings is 1. The zero-order valence-electron chi connectivity index (χ0n) is 30.8. The monoisotopic (exact) mass is 755 g/mol. The maximum atomic E-state index is 13.0. The standard InChI is InChI=1S/C34H46B2F3N9O2S2/c1-20-16-46(17-21(2)48(20)52(49,50)41-5)23(4)34(35,36)47-26(15-40)12-28-22(3)24(6-7-30(28)47)18-45-10-8-25(9-11-45)44-31-29-13-27(14-33(37,38)39)51-32(29)43-19-42-31/h6-7,12-13,19-21,23,25,41H,8-11,14,16-18,35-36H2,1-5H3,(H,42,43,44)/t20-,21-,23?/m1/s1. The van der Waals surface area contributed by atoms with Crippen LogP contribution in [0.2, 0.25) is 0 Å². The van der Waals surface area contributed by atoms with Gasteiger partial charge in [0.15, 0.2) is 0 Å². The van der Waals surface area contributed by atoms with Gasteiger partial charge in [0.1, 0.15) is 44.4 Å². The third kappa shape index (κ3) is 7.58. The number of hydrogen-bond donors (Lipinski definition) is 2. The minimum atomic E-state index is -4.27. The average molecular weight is 756 g/mol. The van der Waals surface area contributed by atoms with Gasteiger partial charge in [0, 0.05) is 79.7 Å². The fourth-order valence-corrected chi connectivity index (χ4v) is 10.5. The Morgan fingerprint density at radius 3 is 2.38 bits per heavy atom. The summed E-state index contributed by atoms with van der Waals surface area (Å²) in [6.07, 6.45) is -2.12. The molecule has 18 heteroatoms. The summed E-state index contributed by atoms with van der Waals surface area (Å²) >= 11 is 1.06. The Morgan fingerprint density at radius 2 is 1.77 bits per heavy atom. The van der Waals surface area contributed by atoms with Crippen LogP contribution in [0.4, 0.5) is 19.0 Å². The summed E-state index contributed by atoms with van der Waals surface area (Å²) in [5.74, 6) is 0.581. The second-order valence-electron chi connectivity index (χ2n) is 14.9. The summed E-state index contributed by atoms with van der Waals surface area (Å²) in [6, 6.07) is 9.99. The Hall–Kier alpha value is -3.20. The number of hydrogen-bond acceptors (Lipinski definition) is 9. The van der Waals surface area contributed by atoms with E-state index in [9.17, 15) is 26.9 Å². The number of halogens is 3. The van der Waals surface area contributed by atoms with Gasteiger partial charge in [-0.1, -0.05) is 6.07 Å². The van der Waals surface area contributed by atoms with Crippen molar-refractivity contribution < 1.29 is 21.6 Å². The van der Waals surface area contributed by atoms with Gasteiger partial charge in [0.05, 0.1) is 11.8 Å². The molecular weight excluding hydrogens is 709 g/mol. The van der Waals surface area contributed by atoms with Crippen LogP contribution in [0.3, 0.4) is 0 Å². The van der Waals surface area contributed by atoms with E-state index in [0.717, 1.165) is 60.3 Å². The van der Waals surface area contributed by atoms with Crippen molar-refractivity contribution in [1.29, 1.82) is 5.26 Å². The van der Waals surface area contributed by atoms with Crippen LogP contribution in [0.1, 0.15) is 55.3 Å². The molecule has 2 saturated heterocycles. The number of aryl methyl sites for hydroxylation is 1. The van der Waals surface area contributed by atoms with Crippen molar-refractivity contribution in [2.24, 2.45) is 0 Å². The summed E-state index contributed by atoms with van der Waals surface area (Å²) < 4.78 is 70.6. The Kier molecular flexibility index (Phi) is 10.8. The fourth-order valence-electron chi connectivity index (χ4n) is 8.19. The maximum Gasteiger partial charge on any atom is 0.393 e. The molecule has 0 amide bonds. The third-order valence-electron chi connectivity index (χ3n) is 11.1. The van der Waals surface area contributed by atoms with Gasteiger partial charge >= 0.3 is 6.18 Å². The van der Waals surface area contributed by atoms with Gasteiger partial charge in [0.2, 0.25) is 0 Å². The molecule has 0 radical (unpaired) electrons. The van der Waals surface area contributed by atoms with E-state index in [4.69, 9.17) is 0 Å². The van der Waals surface area contributed by atoms with Crippen LogP contribution in [0, 0.1) is 18.3 Å². The molecule has 52 heavy (non-hydrogen) atoms. The van der Waals surface area contributed by atoms with Crippen molar-refractivity contribution in [2.45, 2.75) is 89.2 Å². The van der Waals surface area contributed by atoms with Crippen molar-refractivity contribution in [2.75, 3.05) is 38.5 Å². The molecule has 3 atom stereocenters. The van der Waals surface area contributed by atoms with Crippen LogP contribution >= 0.6 is 11.3 Å². The molecule has 2 aliphatic heterocycles. The van der Waals surface area contributed by atoms with Crippen LogP contribution in [0.15, 0.2) is 30.6 Å². The highest BCUT2D eigenvalue weighted by Gasteiger charge is 2.42. The van der Waals surface area contributed by atoms with Gasteiger partial charge in [-0.05, 0) is 75.2 Å². The second-order valence-corrected chi connectivity index (χ2v) is 17.8. The van der Waals surface area contributed by atoms with Crippen molar-refractivity contribution in [3.8, 4) is 6.07 Å². The first-order valence-corrected chi connectivity index (χ1v) is 20.0. The number of nitriles is 1. The number of anilines is 1. The molecule has 1 unspecified atom stereocenters. The number of alkyl halides is 3. The number of aromatic nitrogens is 3. The zero-order valence-corrected chi connectivity index (χ0v) is 32.4. The predicted molar refractivity (Wildman–Crippen MR) is 205 cm³/mol. The van der Waals surface area contributed by atoms with Gasteiger partial charge < -0.3 is 9.88 Å². The summed E-state index contributed by atoms with van der Waals surface area (Å²) in [4.78, 5) is 14.1. The summed E-state index contributed by atoms with van der Waals surface area (Å²) in [6.45, 7) is 11.8. The smallest absolute Gasteiger partial charge is 0.367 e. The summed E-state index contributed by atoms with van der Waals surface area (Å²) in [5, 5.41) is 15.0. The van der Waals surface area contributed by atoms with E-state index in [1.54, 1.807) is 10.4 Å². The Morgan fingerprint density at radius 1 is 1.10 bits per heavy atom. The van der Waals surface area contributed by atoms with Crippen molar-refractivity contribution in [3.63, 3.8) is 0 Å². The van der Waals surface area contributed by atoms with Gasteiger partial charge in [-0.15, -0.1) is 11.3 Å². The average Bonchev–Trinajstić information content (AvgIpc) is 3.67. The van der Waals surface area contributed by atoms with Crippen LogP contribution in [0.5, 0.6) is 0 Å². The van der Waals surface area contributed by atoms with E-state index in [2.05, 4.69) is 82.1 Å². The van der Waals surface area contributed by atoms with Crippen molar-refractivity contribution in [3.05, 3.63) is 52.3 Å². The molecule has 2 N–H and O–H groups in total. The van der Waals surface area contributed by atoms with Crippen molar-refractivity contribution in [1.82, 2.24) is 33.4 Å². The molecule has 0 spiro atoms. The lowest BCUT2D eigenvalue weighted by molar-refractivity contribution is -0.126. The Labute approximate surface area is 309 Å². The SMILES string of the molecule is BC(B)(C(C)N1C[C@@H](C)N(S(=O)(=O)NC)[C@H](C)C1)n1c(C#N)cc2c(C)c(CN3CCC(Nc4ncnc5sc(CC(F)(F)F)cc45)CC3)ccc21.